The molecule has 150 valence electrons. The van der Waals surface area contributed by atoms with Crippen LogP contribution >= 0.6 is 15.9 Å². The quantitative estimate of drug-likeness (QED) is 0.717. The highest BCUT2D eigenvalue weighted by Crippen LogP contribution is 2.24. The van der Waals surface area contributed by atoms with E-state index >= 15 is 0 Å². The van der Waals surface area contributed by atoms with Crippen LogP contribution < -0.4 is 5.32 Å². The third kappa shape index (κ3) is 5.15. The predicted octanol–water partition coefficient (Wildman–Crippen LogP) is 3.91. The molecule has 28 heavy (non-hydrogen) atoms. The van der Waals surface area contributed by atoms with E-state index in [9.17, 15) is 22.0 Å². The Labute approximate surface area is 170 Å². The molecule has 0 saturated carbocycles. The van der Waals surface area contributed by atoms with Crippen LogP contribution in [0, 0.1) is 17.6 Å². The lowest BCUT2D eigenvalue weighted by atomic mass is 9.97. The summed E-state index contributed by atoms with van der Waals surface area (Å²) in [5.74, 6) is -2.82. The van der Waals surface area contributed by atoms with Crippen LogP contribution in [0.5, 0.6) is 0 Å². The zero-order valence-corrected chi connectivity index (χ0v) is 17.3. The molecule has 0 spiro atoms. The number of rotatable bonds is 5. The monoisotopic (exact) mass is 472 g/mol. The lowest BCUT2D eigenvalue weighted by Crippen LogP contribution is -2.41. The van der Waals surface area contributed by atoms with E-state index in [2.05, 4.69) is 21.2 Å². The summed E-state index contributed by atoms with van der Waals surface area (Å²) in [6.45, 7) is 0.490. The van der Waals surface area contributed by atoms with Crippen molar-refractivity contribution in [2.75, 3.05) is 18.4 Å². The molecule has 1 heterocycles. The number of amides is 1. The van der Waals surface area contributed by atoms with Gasteiger partial charge in [-0.1, -0.05) is 28.1 Å². The zero-order chi connectivity index (χ0) is 20.3. The number of carbonyl (C=O) groups is 1. The Bertz CT molecular complexity index is 960. The lowest BCUT2D eigenvalue weighted by Gasteiger charge is -2.30. The molecule has 2 aromatic carbocycles. The maximum absolute atomic E-state index is 13.3. The van der Waals surface area contributed by atoms with Gasteiger partial charge in [0.05, 0.1) is 5.75 Å². The highest BCUT2D eigenvalue weighted by molar-refractivity contribution is 9.10. The Morgan fingerprint density at radius 3 is 2.32 bits per heavy atom. The van der Waals surface area contributed by atoms with Gasteiger partial charge in [0.15, 0.2) is 11.6 Å². The minimum absolute atomic E-state index is 0.0913. The number of carbonyl (C=O) groups excluding carboxylic acids is 1. The van der Waals surface area contributed by atoms with Gasteiger partial charge in [-0.05, 0) is 42.7 Å². The molecule has 1 fully saturated rings. The van der Waals surface area contributed by atoms with Crippen molar-refractivity contribution < 1.29 is 22.0 Å². The van der Waals surface area contributed by atoms with Crippen LogP contribution in [0.25, 0.3) is 0 Å². The van der Waals surface area contributed by atoms with Crippen molar-refractivity contribution in [3.05, 3.63) is 64.1 Å². The van der Waals surface area contributed by atoms with Crippen LogP contribution in [0.2, 0.25) is 0 Å². The average Bonchev–Trinajstić information content (AvgIpc) is 2.66. The summed E-state index contributed by atoms with van der Waals surface area (Å²) in [6, 6.07) is 10.2. The Kier molecular flexibility index (Phi) is 6.47. The maximum Gasteiger partial charge on any atom is 0.227 e. The van der Waals surface area contributed by atoms with Gasteiger partial charge in [0.2, 0.25) is 15.9 Å². The molecule has 0 radical (unpaired) electrons. The lowest BCUT2D eigenvalue weighted by molar-refractivity contribution is -0.120. The van der Waals surface area contributed by atoms with E-state index in [0.29, 0.717) is 18.4 Å². The highest BCUT2D eigenvalue weighted by atomic mass is 79.9. The van der Waals surface area contributed by atoms with E-state index in [-0.39, 0.29) is 36.4 Å². The first-order valence-corrected chi connectivity index (χ1v) is 11.1. The molecule has 1 saturated heterocycles. The molecule has 5 nitrogen and oxygen atoms in total. The van der Waals surface area contributed by atoms with Crippen LogP contribution in [-0.2, 0) is 20.6 Å². The summed E-state index contributed by atoms with van der Waals surface area (Å²) in [4.78, 5) is 12.3. The third-order valence-corrected chi connectivity index (χ3v) is 7.05. The van der Waals surface area contributed by atoms with Crippen molar-refractivity contribution in [3.63, 3.8) is 0 Å². The van der Waals surface area contributed by atoms with E-state index in [1.807, 2.05) is 0 Å². The maximum atomic E-state index is 13.3. The van der Waals surface area contributed by atoms with Gasteiger partial charge in [-0.3, -0.25) is 4.79 Å². The second-order valence-corrected chi connectivity index (χ2v) is 9.56. The molecule has 1 aliphatic rings. The first-order valence-electron chi connectivity index (χ1n) is 8.73. The number of sulfonamides is 1. The van der Waals surface area contributed by atoms with E-state index in [0.717, 1.165) is 16.6 Å². The van der Waals surface area contributed by atoms with Gasteiger partial charge >= 0.3 is 0 Å². The summed E-state index contributed by atoms with van der Waals surface area (Å²) >= 11 is 3.32. The molecule has 0 bridgehead atoms. The molecular formula is C19H19BrF2N2O3S. The van der Waals surface area contributed by atoms with Crippen molar-refractivity contribution in [2.45, 2.75) is 18.6 Å². The molecular weight excluding hydrogens is 454 g/mol. The molecule has 0 atom stereocenters. The number of nitrogens with one attached hydrogen (secondary N) is 1. The van der Waals surface area contributed by atoms with Gasteiger partial charge in [0.1, 0.15) is 0 Å². The van der Waals surface area contributed by atoms with Crippen LogP contribution in [0.15, 0.2) is 46.9 Å². The van der Waals surface area contributed by atoms with E-state index in [4.69, 9.17) is 0 Å². The Balaban J connectivity index is 1.56. The van der Waals surface area contributed by atoms with Crippen molar-refractivity contribution >= 4 is 37.5 Å². The Hall–Kier alpha value is -1.84. The smallest absolute Gasteiger partial charge is 0.227 e. The van der Waals surface area contributed by atoms with Crippen LogP contribution in [-0.4, -0.2) is 31.7 Å². The number of hydrogen-bond donors (Lipinski definition) is 1. The van der Waals surface area contributed by atoms with Gasteiger partial charge in [0, 0.05) is 35.2 Å². The van der Waals surface area contributed by atoms with Gasteiger partial charge in [-0.2, -0.15) is 0 Å². The number of hydrogen-bond acceptors (Lipinski definition) is 3. The topological polar surface area (TPSA) is 66.5 Å². The summed E-state index contributed by atoms with van der Waals surface area (Å²) in [5, 5.41) is 2.56. The minimum Gasteiger partial charge on any atom is -0.326 e. The molecule has 9 heteroatoms. The molecule has 1 amide bonds. The van der Waals surface area contributed by atoms with E-state index < -0.39 is 21.7 Å². The number of anilines is 1. The first kappa shape index (κ1) is 20.9. The summed E-state index contributed by atoms with van der Waals surface area (Å²) in [6.07, 6.45) is 0.740. The largest absolute Gasteiger partial charge is 0.326 e. The number of benzene rings is 2. The van der Waals surface area contributed by atoms with Crippen LogP contribution in [0.3, 0.4) is 0 Å². The van der Waals surface area contributed by atoms with Gasteiger partial charge in [0.25, 0.3) is 0 Å². The highest BCUT2D eigenvalue weighted by Gasteiger charge is 2.31. The van der Waals surface area contributed by atoms with Crippen molar-refractivity contribution in [2.24, 2.45) is 5.92 Å². The second kappa shape index (κ2) is 8.67. The summed E-state index contributed by atoms with van der Waals surface area (Å²) < 4.78 is 53.7. The molecule has 0 aliphatic carbocycles. The minimum atomic E-state index is -3.47. The zero-order valence-electron chi connectivity index (χ0n) is 14.9. The first-order chi connectivity index (χ1) is 13.2. The number of halogens is 3. The average molecular weight is 473 g/mol. The second-order valence-electron chi connectivity index (χ2n) is 6.67. The molecule has 0 unspecified atom stereocenters. The summed E-state index contributed by atoms with van der Waals surface area (Å²) in [5.41, 5.74) is 0.871. The van der Waals surface area contributed by atoms with Crippen molar-refractivity contribution in [1.29, 1.82) is 0 Å². The number of nitrogens with zero attached hydrogens (tertiary/aromatic N) is 1. The summed E-state index contributed by atoms with van der Waals surface area (Å²) in [7, 11) is -3.47. The van der Waals surface area contributed by atoms with Gasteiger partial charge in [-0.25, -0.2) is 21.5 Å². The molecule has 1 N–H and O–H groups in total. The van der Waals surface area contributed by atoms with Gasteiger partial charge in [-0.15, -0.1) is 0 Å². The van der Waals surface area contributed by atoms with E-state index in [1.54, 1.807) is 24.3 Å². The third-order valence-electron chi connectivity index (χ3n) is 4.67. The fourth-order valence-electron chi connectivity index (χ4n) is 3.10. The standard InChI is InChI=1S/C19H19BrF2N2O3S/c20-15-3-1-13(2-4-15)12-28(26,27)24-9-7-14(8-10-24)19(25)23-16-5-6-17(21)18(22)11-16/h1-6,11,14H,7-10,12H2,(H,23,25). The Morgan fingerprint density at radius 2 is 1.71 bits per heavy atom. The molecule has 2 aromatic rings. The van der Waals surface area contributed by atoms with E-state index in [1.165, 1.54) is 10.4 Å². The van der Waals surface area contributed by atoms with Crippen molar-refractivity contribution in [1.82, 2.24) is 4.31 Å². The van der Waals surface area contributed by atoms with Crippen LogP contribution in [0.4, 0.5) is 14.5 Å². The predicted molar refractivity (Wildman–Crippen MR) is 106 cm³/mol. The normalized spacial score (nSPS) is 16.1. The SMILES string of the molecule is O=C(Nc1ccc(F)c(F)c1)C1CCN(S(=O)(=O)Cc2ccc(Br)cc2)CC1. The van der Waals surface area contributed by atoms with Gasteiger partial charge < -0.3 is 5.32 Å². The van der Waals surface area contributed by atoms with Crippen molar-refractivity contribution in [3.8, 4) is 0 Å². The Morgan fingerprint density at radius 1 is 1.07 bits per heavy atom. The fraction of sp³-hybridized carbons (Fsp3) is 0.316. The van der Waals surface area contributed by atoms with Crippen LogP contribution in [0.1, 0.15) is 18.4 Å². The molecule has 1 aliphatic heterocycles. The molecule has 0 aromatic heterocycles. The molecule has 3 rings (SSSR count). The fourth-order valence-corrected chi connectivity index (χ4v) is 4.92. The number of piperidine rings is 1.